The molecular weight excluding hydrogens is 362 g/mol. The molecule has 0 aliphatic carbocycles. The molecular formula is C19H21N5O2S. The van der Waals surface area contributed by atoms with Crippen LogP contribution in [0.15, 0.2) is 53.4 Å². The number of nitrogens with two attached hydrogens (primary N) is 1. The van der Waals surface area contributed by atoms with Crippen LogP contribution in [0.2, 0.25) is 0 Å². The summed E-state index contributed by atoms with van der Waals surface area (Å²) in [5.41, 5.74) is 6.61. The number of benzene rings is 2. The van der Waals surface area contributed by atoms with E-state index in [-0.39, 0.29) is 5.95 Å². The van der Waals surface area contributed by atoms with Gasteiger partial charge in [-0.2, -0.15) is 15.0 Å². The second-order valence-corrected chi connectivity index (χ2v) is 6.50. The van der Waals surface area contributed by atoms with E-state index in [2.05, 4.69) is 20.3 Å². The first kappa shape index (κ1) is 18.8. The summed E-state index contributed by atoms with van der Waals surface area (Å²) in [6.07, 6.45) is 0. The van der Waals surface area contributed by atoms with Crippen LogP contribution in [0.5, 0.6) is 11.5 Å². The van der Waals surface area contributed by atoms with Crippen molar-refractivity contribution in [3.05, 3.63) is 54.4 Å². The fraction of sp³-hybridized carbons (Fsp3) is 0.211. The first-order valence-corrected chi connectivity index (χ1v) is 9.42. The Hall–Kier alpha value is -3.00. The second kappa shape index (κ2) is 9.09. The lowest BCUT2D eigenvalue weighted by Crippen LogP contribution is -2.07. The Morgan fingerprint density at radius 1 is 1.04 bits per heavy atom. The predicted molar refractivity (Wildman–Crippen MR) is 108 cm³/mol. The average Bonchev–Trinajstić information content (AvgIpc) is 2.68. The van der Waals surface area contributed by atoms with Crippen LogP contribution in [0, 0.1) is 0 Å². The quantitative estimate of drug-likeness (QED) is 0.566. The van der Waals surface area contributed by atoms with E-state index in [0.29, 0.717) is 29.9 Å². The summed E-state index contributed by atoms with van der Waals surface area (Å²) in [6, 6.07) is 15.4. The zero-order valence-electron chi connectivity index (χ0n) is 15.2. The lowest BCUT2D eigenvalue weighted by Gasteiger charge is -2.10. The fourth-order valence-electron chi connectivity index (χ4n) is 2.37. The summed E-state index contributed by atoms with van der Waals surface area (Å²) in [4.78, 5) is 13.9. The Morgan fingerprint density at radius 3 is 2.56 bits per heavy atom. The van der Waals surface area contributed by atoms with Crippen LogP contribution in [-0.2, 0) is 5.75 Å². The molecule has 0 amide bonds. The number of rotatable bonds is 8. The van der Waals surface area contributed by atoms with Crippen molar-refractivity contribution in [1.82, 2.24) is 15.0 Å². The van der Waals surface area contributed by atoms with Gasteiger partial charge in [0.25, 0.3) is 0 Å². The van der Waals surface area contributed by atoms with E-state index in [1.807, 2.05) is 55.5 Å². The Morgan fingerprint density at radius 2 is 1.81 bits per heavy atom. The molecule has 0 bridgehead atoms. The third kappa shape index (κ3) is 5.24. The van der Waals surface area contributed by atoms with E-state index in [4.69, 9.17) is 15.2 Å². The van der Waals surface area contributed by atoms with Crippen molar-refractivity contribution in [1.29, 1.82) is 0 Å². The Bertz CT molecular complexity index is 890. The molecule has 2 aromatic carbocycles. The van der Waals surface area contributed by atoms with Crippen molar-refractivity contribution in [2.24, 2.45) is 0 Å². The van der Waals surface area contributed by atoms with E-state index in [1.165, 1.54) is 0 Å². The third-order valence-corrected chi connectivity index (χ3v) is 4.56. The van der Waals surface area contributed by atoms with Crippen molar-refractivity contribution >= 4 is 29.3 Å². The number of ether oxygens (including phenoxy) is 2. The van der Waals surface area contributed by atoms with Crippen molar-refractivity contribution < 1.29 is 9.47 Å². The van der Waals surface area contributed by atoms with Gasteiger partial charge < -0.3 is 20.5 Å². The van der Waals surface area contributed by atoms with Crippen LogP contribution in [0.1, 0.15) is 12.7 Å². The lowest BCUT2D eigenvalue weighted by atomic mass is 10.3. The van der Waals surface area contributed by atoms with E-state index in [9.17, 15) is 0 Å². The van der Waals surface area contributed by atoms with Gasteiger partial charge in [-0.3, -0.25) is 0 Å². The maximum absolute atomic E-state index is 5.85. The number of nitrogen functional groups attached to an aromatic ring is 1. The number of aromatic nitrogens is 3. The monoisotopic (exact) mass is 383 g/mol. The average molecular weight is 383 g/mol. The van der Waals surface area contributed by atoms with Gasteiger partial charge in [-0.25, -0.2) is 0 Å². The van der Waals surface area contributed by atoms with Crippen molar-refractivity contribution in [2.45, 2.75) is 17.6 Å². The predicted octanol–water partition coefficient (Wildman–Crippen LogP) is 3.90. The largest absolute Gasteiger partial charge is 0.495 e. The van der Waals surface area contributed by atoms with Crippen LogP contribution >= 0.6 is 11.8 Å². The molecule has 0 fully saturated rings. The Labute approximate surface area is 162 Å². The van der Waals surface area contributed by atoms with Gasteiger partial charge in [0.15, 0.2) is 0 Å². The number of anilines is 3. The molecule has 3 N–H and O–H groups in total. The summed E-state index contributed by atoms with van der Waals surface area (Å²) < 4.78 is 10.8. The van der Waals surface area contributed by atoms with Gasteiger partial charge >= 0.3 is 0 Å². The second-order valence-electron chi connectivity index (χ2n) is 5.45. The highest BCUT2D eigenvalue weighted by Gasteiger charge is 2.08. The molecule has 3 aromatic rings. The summed E-state index contributed by atoms with van der Waals surface area (Å²) in [6.45, 7) is 2.61. The van der Waals surface area contributed by atoms with Gasteiger partial charge in [0.05, 0.1) is 25.2 Å². The van der Waals surface area contributed by atoms with Gasteiger partial charge in [-0.1, -0.05) is 12.1 Å². The highest BCUT2D eigenvalue weighted by Crippen LogP contribution is 2.27. The molecule has 3 rings (SSSR count). The minimum atomic E-state index is 0.171. The molecule has 0 saturated carbocycles. The van der Waals surface area contributed by atoms with Gasteiger partial charge in [0.1, 0.15) is 17.3 Å². The molecule has 0 unspecified atom stereocenters. The van der Waals surface area contributed by atoms with Crippen molar-refractivity contribution in [2.75, 3.05) is 24.8 Å². The number of hydrogen-bond donors (Lipinski definition) is 2. The minimum Gasteiger partial charge on any atom is -0.495 e. The number of hydrogen-bond acceptors (Lipinski definition) is 8. The number of para-hydroxylation sites is 2. The van der Waals surface area contributed by atoms with Crippen molar-refractivity contribution in [3.8, 4) is 11.5 Å². The normalized spacial score (nSPS) is 10.4. The topological polar surface area (TPSA) is 95.2 Å². The van der Waals surface area contributed by atoms with Crippen LogP contribution in [0.3, 0.4) is 0 Å². The smallest absolute Gasteiger partial charge is 0.232 e. The Kier molecular flexibility index (Phi) is 6.32. The van der Waals surface area contributed by atoms with Crippen LogP contribution in [0.25, 0.3) is 0 Å². The minimum absolute atomic E-state index is 0.171. The lowest BCUT2D eigenvalue weighted by molar-refractivity contribution is 0.340. The SMILES string of the molecule is CCOc1ccc(SCc2nc(N)nc(Nc3ccccc3OC)n2)cc1. The molecule has 0 saturated heterocycles. The fourth-order valence-corrected chi connectivity index (χ4v) is 3.13. The molecule has 8 heteroatoms. The first-order chi connectivity index (χ1) is 13.2. The summed E-state index contributed by atoms with van der Waals surface area (Å²) >= 11 is 1.62. The number of nitrogens with one attached hydrogen (secondary N) is 1. The first-order valence-electron chi connectivity index (χ1n) is 8.44. The molecule has 1 heterocycles. The molecule has 0 aliphatic heterocycles. The van der Waals surface area contributed by atoms with Crippen LogP contribution in [0.4, 0.5) is 17.6 Å². The standard InChI is InChI=1S/C19H21N5O2S/c1-3-26-13-8-10-14(11-9-13)27-12-17-22-18(20)24-19(23-17)21-15-6-4-5-7-16(15)25-2/h4-11H,3,12H2,1-2H3,(H3,20,21,22,23,24). The molecule has 0 atom stereocenters. The third-order valence-electron chi connectivity index (χ3n) is 3.56. The number of methoxy groups -OCH3 is 1. The van der Waals surface area contributed by atoms with Gasteiger partial charge in [0, 0.05) is 4.90 Å². The highest BCUT2D eigenvalue weighted by atomic mass is 32.2. The number of nitrogens with zero attached hydrogens (tertiary/aromatic N) is 3. The molecule has 0 radical (unpaired) electrons. The van der Waals surface area contributed by atoms with Crippen LogP contribution in [-0.4, -0.2) is 28.7 Å². The number of thioether (sulfide) groups is 1. The zero-order chi connectivity index (χ0) is 19.1. The maximum Gasteiger partial charge on any atom is 0.232 e. The van der Waals surface area contributed by atoms with E-state index >= 15 is 0 Å². The van der Waals surface area contributed by atoms with E-state index in [1.54, 1.807) is 18.9 Å². The zero-order valence-corrected chi connectivity index (χ0v) is 16.0. The summed E-state index contributed by atoms with van der Waals surface area (Å²) in [7, 11) is 1.61. The van der Waals surface area contributed by atoms with Crippen molar-refractivity contribution in [3.63, 3.8) is 0 Å². The highest BCUT2D eigenvalue weighted by molar-refractivity contribution is 7.98. The molecule has 140 valence electrons. The molecule has 7 nitrogen and oxygen atoms in total. The van der Waals surface area contributed by atoms with Gasteiger partial charge in [0.2, 0.25) is 11.9 Å². The summed E-state index contributed by atoms with van der Waals surface area (Å²) in [5, 5.41) is 3.13. The van der Waals surface area contributed by atoms with Gasteiger partial charge in [-0.15, -0.1) is 11.8 Å². The Balaban J connectivity index is 1.69. The summed E-state index contributed by atoms with van der Waals surface area (Å²) in [5.74, 6) is 3.27. The molecule has 0 spiro atoms. The molecule has 1 aromatic heterocycles. The van der Waals surface area contributed by atoms with E-state index < -0.39 is 0 Å². The van der Waals surface area contributed by atoms with E-state index in [0.717, 1.165) is 16.3 Å². The molecule has 0 aliphatic rings. The molecule has 27 heavy (non-hydrogen) atoms. The van der Waals surface area contributed by atoms with Crippen LogP contribution < -0.4 is 20.5 Å². The maximum atomic E-state index is 5.85. The van der Waals surface area contributed by atoms with Gasteiger partial charge in [-0.05, 0) is 43.3 Å².